The number of fused-ring (bicyclic) bond motifs is 2. The molecule has 0 saturated heterocycles. The molecule has 0 aliphatic carbocycles. The first-order chi connectivity index (χ1) is 19.5. The van der Waals surface area contributed by atoms with Crippen molar-refractivity contribution >= 4 is 40.4 Å². The van der Waals surface area contributed by atoms with Crippen molar-refractivity contribution in [3.8, 4) is 5.69 Å². The Balaban J connectivity index is 1.47. The number of nitrogens with zero attached hydrogens (tertiary/aromatic N) is 6. The van der Waals surface area contributed by atoms with Gasteiger partial charge in [-0.15, -0.1) is 5.10 Å². The Labute approximate surface area is 228 Å². The second kappa shape index (κ2) is 10.3. The third-order valence-corrected chi connectivity index (χ3v) is 6.49. The summed E-state index contributed by atoms with van der Waals surface area (Å²) in [6, 6.07) is 19.5. The lowest BCUT2D eigenvalue weighted by Gasteiger charge is -2.20. The summed E-state index contributed by atoms with van der Waals surface area (Å²) in [6.45, 7) is 1.77. The van der Waals surface area contributed by atoms with Gasteiger partial charge in [-0.3, -0.25) is 19.1 Å². The summed E-state index contributed by atoms with van der Waals surface area (Å²) in [6.07, 6.45) is 10.5. The van der Waals surface area contributed by atoms with Crippen molar-refractivity contribution in [1.82, 2.24) is 34.4 Å². The summed E-state index contributed by atoms with van der Waals surface area (Å²) in [5.41, 5.74) is 9.07. The number of hydrogen-bond acceptors (Lipinski definition) is 7. The number of nitrogen functional groups attached to an aromatic ring is 1. The Kier molecular flexibility index (Phi) is 6.33. The molecule has 4 aromatic heterocycles. The third-order valence-electron chi connectivity index (χ3n) is 6.49. The van der Waals surface area contributed by atoms with E-state index in [1.165, 1.54) is 9.08 Å². The first-order valence-corrected chi connectivity index (χ1v) is 12.6. The molecule has 6 rings (SSSR count). The smallest absolute Gasteiger partial charge is 0.266 e. The number of pyridine rings is 1. The number of nitrogens with two attached hydrogens (primary N) is 1. The van der Waals surface area contributed by atoms with Crippen LogP contribution in [0.5, 0.6) is 0 Å². The highest BCUT2D eigenvalue weighted by Crippen LogP contribution is 2.23. The zero-order chi connectivity index (χ0) is 27.6. The van der Waals surface area contributed by atoms with E-state index in [0.717, 1.165) is 11.1 Å². The largest absolute Gasteiger partial charge is 0.381 e. The Morgan fingerprint density at radius 3 is 2.65 bits per heavy atom. The number of amides is 1. The maximum absolute atomic E-state index is 14.2. The Morgan fingerprint density at radius 2 is 1.85 bits per heavy atom. The minimum Gasteiger partial charge on any atom is -0.381 e. The predicted octanol–water partition coefficient (Wildman–Crippen LogP) is 4.07. The van der Waals surface area contributed by atoms with E-state index in [9.17, 15) is 9.59 Å². The molecule has 0 aliphatic heterocycles. The number of rotatable bonds is 6. The van der Waals surface area contributed by atoms with Crippen molar-refractivity contribution in [2.45, 2.75) is 13.0 Å². The molecule has 1 amide bonds. The van der Waals surface area contributed by atoms with Crippen LogP contribution < -0.4 is 16.6 Å². The summed E-state index contributed by atoms with van der Waals surface area (Å²) in [4.78, 5) is 40.8. The number of benzene rings is 2. The number of aromatic nitrogens is 6. The standard InChI is InChI=1S/C30H24N8O2/c1-19(34-29(39)25-26(31)36-37-17-7-16-33-28(25)37)27-35-23-12-5-9-21(14-13-20-8-6-15-32-18-20)24(23)30(40)38(27)22-10-3-2-4-11-22/h2-19H,1H3,(H2,31,36)(H,34,39)/b14-13+. The fraction of sp³-hybridized carbons (Fsp3) is 0.0667. The van der Waals surface area contributed by atoms with E-state index in [0.29, 0.717) is 28.1 Å². The van der Waals surface area contributed by atoms with Gasteiger partial charge in [0.2, 0.25) is 0 Å². The van der Waals surface area contributed by atoms with Gasteiger partial charge in [0.1, 0.15) is 11.4 Å². The van der Waals surface area contributed by atoms with Gasteiger partial charge in [-0.05, 0) is 48.4 Å². The SMILES string of the molecule is CC(NC(=O)c1c(N)nn2cccnc12)c1nc2cccc(/C=C/c3cccnc3)c2c(=O)n1-c1ccccc1. The van der Waals surface area contributed by atoms with E-state index in [1.54, 1.807) is 43.8 Å². The van der Waals surface area contributed by atoms with Crippen LogP contribution in [0.2, 0.25) is 0 Å². The molecular weight excluding hydrogens is 504 g/mol. The molecule has 10 nitrogen and oxygen atoms in total. The van der Waals surface area contributed by atoms with E-state index in [1.807, 2.05) is 66.7 Å². The van der Waals surface area contributed by atoms with Gasteiger partial charge in [0.05, 0.1) is 22.6 Å². The topological polar surface area (TPSA) is 133 Å². The summed E-state index contributed by atoms with van der Waals surface area (Å²) in [7, 11) is 0. The summed E-state index contributed by atoms with van der Waals surface area (Å²) < 4.78 is 2.98. The maximum Gasteiger partial charge on any atom is 0.266 e. The van der Waals surface area contributed by atoms with E-state index in [2.05, 4.69) is 20.4 Å². The Morgan fingerprint density at radius 1 is 1.00 bits per heavy atom. The second-order valence-corrected chi connectivity index (χ2v) is 9.15. The van der Waals surface area contributed by atoms with Crippen LogP contribution in [0.4, 0.5) is 5.82 Å². The van der Waals surface area contributed by atoms with Crippen molar-refractivity contribution in [2.75, 3.05) is 5.73 Å². The zero-order valence-electron chi connectivity index (χ0n) is 21.5. The minimum absolute atomic E-state index is 0.0559. The van der Waals surface area contributed by atoms with Gasteiger partial charge in [0.15, 0.2) is 11.5 Å². The van der Waals surface area contributed by atoms with Gasteiger partial charge < -0.3 is 11.1 Å². The van der Waals surface area contributed by atoms with Gasteiger partial charge in [-0.2, -0.15) is 0 Å². The number of para-hydroxylation sites is 1. The van der Waals surface area contributed by atoms with E-state index >= 15 is 0 Å². The van der Waals surface area contributed by atoms with Crippen LogP contribution in [0.25, 0.3) is 34.4 Å². The lowest BCUT2D eigenvalue weighted by molar-refractivity contribution is 0.0940. The van der Waals surface area contributed by atoms with Crippen LogP contribution in [0.15, 0.2) is 96.3 Å². The molecule has 1 atom stereocenters. The molecule has 1 unspecified atom stereocenters. The quantitative estimate of drug-likeness (QED) is 0.333. The molecule has 10 heteroatoms. The van der Waals surface area contributed by atoms with Crippen LogP contribution >= 0.6 is 0 Å². The Hall–Kier alpha value is -5.64. The molecule has 0 spiro atoms. The fourth-order valence-corrected chi connectivity index (χ4v) is 4.64. The maximum atomic E-state index is 14.2. The highest BCUT2D eigenvalue weighted by molar-refractivity contribution is 6.04. The molecule has 40 heavy (non-hydrogen) atoms. The molecule has 196 valence electrons. The summed E-state index contributed by atoms with van der Waals surface area (Å²) >= 11 is 0. The van der Waals surface area contributed by atoms with E-state index < -0.39 is 11.9 Å². The highest BCUT2D eigenvalue weighted by atomic mass is 16.2. The number of carbonyl (C=O) groups is 1. The van der Waals surface area contributed by atoms with Crippen LogP contribution in [-0.4, -0.2) is 35.0 Å². The van der Waals surface area contributed by atoms with Crippen molar-refractivity contribution in [3.05, 3.63) is 124 Å². The van der Waals surface area contributed by atoms with Crippen molar-refractivity contribution in [3.63, 3.8) is 0 Å². The first-order valence-electron chi connectivity index (χ1n) is 12.6. The average molecular weight is 529 g/mol. The lowest BCUT2D eigenvalue weighted by atomic mass is 10.1. The molecule has 3 N–H and O–H groups in total. The molecular formula is C30H24N8O2. The molecule has 0 bridgehead atoms. The number of anilines is 1. The van der Waals surface area contributed by atoms with Crippen LogP contribution in [0.3, 0.4) is 0 Å². The molecule has 0 radical (unpaired) electrons. The Bertz CT molecular complexity index is 1950. The van der Waals surface area contributed by atoms with Crippen LogP contribution in [-0.2, 0) is 0 Å². The monoisotopic (exact) mass is 528 g/mol. The minimum atomic E-state index is -0.669. The van der Waals surface area contributed by atoms with Crippen molar-refractivity contribution in [2.24, 2.45) is 0 Å². The van der Waals surface area contributed by atoms with Crippen LogP contribution in [0, 0.1) is 0 Å². The molecule has 0 saturated carbocycles. The van der Waals surface area contributed by atoms with Crippen LogP contribution in [0.1, 0.15) is 40.3 Å². The van der Waals surface area contributed by atoms with E-state index in [4.69, 9.17) is 10.7 Å². The third kappa shape index (κ3) is 4.47. The predicted molar refractivity (Wildman–Crippen MR) is 154 cm³/mol. The van der Waals surface area contributed by atoms with Crippen molar-refractivity contribution in [1.29, 1.82) is 0 Å². The average Bonchev–Trinajstić information content (AvgIpc) is 3.32. The summed E-state index contributed by atoms with van der Waals surface area (Å²) in [5.74, 6) is -0.0466. The fourth-order valence-electron chi connectivity index (χ4n) is 4.64. The molecule has 0 fully saturated rings. The van der Waals surface area contributed by atoms with Gasteiger partial charge in [-0.25, -0.2) is 14.5 Å². The van der Waals surface area contributed by atoms with Gasteiger partial charge >= 0.3 is 0 Å². The zero-order valence-corrected chi connectivity index (χ0v) is 21.5. The number of carbonyl (C=O) groups excluding carboxylic acids is 1. The number of nitrogens with one attached hydrogen (secondary N) is 1. The molecule has 2 aromatic carbocycles. The van der Waals surface area contributed by atoms with E-state index in [-0.39, 0.29) is 16.9 Å². The van der Waals surface area contributed by atoms with Crippen molar-refractivity contribution < 1.29 is 4.79 Å². The van der Waals surface area contributed by atoms with Gasteiger partial charge in [0, 0.05) is 24.8 Å². The normalized spacial score (nSPS) is 12.2. The molecule has 6 aromatic rings. The second-order valence-electron chi connectivity index (χ2n) is 9.15. The lowest BCUT2D eigenvalue weighted by Crippen LogP contribution is -2.33. The number of hydrogen-bond donors (Lipinski definition) is 2. The molecule has 4 heterocycles. The van der Waals surface area contributed by atoms with Gasteiger partial charge in [-0.1, -0.05) is 48.6 Å². The highest BCUT2D eigenvalue weighted by Gasteiger charge is 2.24. The summed E-state index contributed by atoms with van der Waals surface area (Å²) in [5, 5.41) is 7.58. The first kappa shape index (κ1) is 24.7. The molecule has 0 aliphatic rings. The van der Waals surface area contributed by atoms with Gasteiger partial charge in [0.25, 0.3) is 11.5 Å².